The summed E-state index contributed by atoms with van der Waals surface area (Å²) in [7, 11) is 0. The second kappa shape index (κ2) is 6.44. The molecule has 1 atom stereocenters. The molecule has 0 N–H and O–H groups in total. The van der Waals surface area contributed by atoms with Crippen molar-refractivity contribution in [3.05, 3.63) is 0 Å². The zero-order chi connectivity index (χ0) is 11.2. The van der Waals surface area contributed by atoms with Crippen LogP contribution >= 0.6 is 0 Å². The monoisotopic (exact) mass is 199 g/mol. The summed E-state index contributed by atoms with van der Waals surface area (Å²) in [4.78, 5) is 2.61. The summed E-state index contributed by atoms with van der Waals surface area (Å²) in [5, 5.41) is 0. The van der Waals surface area contributed by atoms with E-state index in [1.165, 1.54) is 32.5 Å². The second-order valence-corrected chi connectivity index (χ2v) is 5.57. The van der Waals surface area contributed by atoms with Gasteiger partial charge in [0.05, 0.1) is 0 Å². The molecule has 86 valence electrons. The Hall–Kier alpha value is -0.0400. The van der Waals surface area contributed by atoms with E-state index in [0.717, 1.165) is 5.92 Å². The number of rotatable bonds is 6. The molecule has 0 aliphatic rings. The highest BCUT2D eigenvalue weighted by atomic mass is 15.1. The first-order valence-electron chi connectivity index (χ1n) is 6.14. The maximum atomic E-state index is 2.61. The molecule has 0 amide bonds. The van der Waals surface area contributed by atoms with Gasteiger partial charge in [0.15, 0.2) is 0 Å². The summed E-state index contributed by atoms with van der Waals surface area (Å²) in [6, 6.07) is 0. The molecule has 0 aromatic heterocycles. The van der Waals surface area contributed by atoms with E-state index in [-0.39, 0.29) is 0 Å². The molecular formula is C13H29N. The molecule has 1 unspecified atom stereocenters. The van der Waals surface area contributed by atoms with E-state index >= 15 is 0 Å². The molecule has 1 nitrogen and oxygen atoms in total. The van der Waals surface area contributed by atoms with E-state index in [0.29, 0.717) is 5.41 Å². The summed E-state index contributed by atoms with van der Waals surface area (Å²) in [5.41, 5.74) is 0.444. The van der Waals surface area contributed by atoms with Gasteiger partial charge in [-0.25, -0.2) is 0 Å². The molecular weight excluding hydrogens is 170 g/mol. The maximum absolute atomic E-state index is 2.61. The molecule has 0 aromatic rings. The van der Waals surface area contributed by atoms with Crippen LogP contribution in [0.4, 0.5) is 0 Å². The minimum atomic E-state index is 0.444. The van der Waals surface area contributed by atoms with Crippen LogP contribution in [0.15, 0.2) is 0 Å². The zero-order valence-corrected chi connectivity index (χ0v) is 11.1. The summed E-state index contributed by atoms with van der Waals surface area (Å²) < 4.78 is 0. The van der Waals surface area contributed by atoms with Crippen molar-refractivity contribution in [1.82, 2.24) is 4.90 Å². The second-order valence-electron chi connectivity index (χ2n) is 5.57. The van der Waals surface area contributed by atoms with Crippen LogP contribution in [0.25, 0.3) is 0 Å². The van der Waals surface area contributed by atoms with Crippen molar-refractivity contribution in [3.8, 4) is 0 Å². The molecule has 0 saturated heterocycles. The predicted octanol–water partition coefficient (Wildman–Crippen LogP) is 3.79. The van der Waals surface area contributed by atoms with E-state index in [9.17, 15) is 0 Å². The average molecular weight is 199 g/mol. The Bertz CT molecular complexity index is 129. The van der Waals surface area contributed by atoms with Gasteiger partial charge in [0, 0.05) is 6.54 Å². The van der Waals surface area contributed by atoms with Crippen molar-refractivity contribution < 1.29 is 0 Å². The minimum Gasteiger partial charge on any atom is -0.303 e. The molecule has 14 heavy (non-hydrogen) atoms. The lowest BCUT2D eigenvalue weighted by atomic mass is 9.82. The van der Waals surface area contributed by atoms with Gasteiger partial charge in [0.1, 0.15) is 0 Å². The molecule has 1 heteroatoms. The molecule has 0 aliphatic carbocycles. The van der Waals surface area contributed by atoms with Crippen LogP contribution in [0.2, 0.25) is 0 Å². The van der Waals surface area contributed by atoms with Crippen molar-refractivity contribution in [2.75, 3.05) is 19.6 Å². The third-order valence-electron chi connectivity index (χ3n) is 3.09. The zero-order valence-electron chi connectivity index (χ0n) is 11.1. The Balaban J connectivity index is 4.01. The van der Waals surface area contributed by atoms with E-state index in [4.69, 9.17) is 0 Å². The molecule has 0 aliphatic heterocycles. The fourth-order valence-corrected chi connectivity index (χ4v) is 1.59. The molecule has 0 saturated carbocycles. The van der Waals surface area contributed by atoms with Crippen LogP contribution in [0, 0.1) is 11.3 Å². The highest BCUT2D eigenvalue weighted by Crippen LogP contribution is 2.26. The third-order valence-corrected chi connectivity index (χ3v) is 3.09. The van der Waals surface area contributed by atoms with E-state index in [1.807, 2.05) is 0 Å². The van der Waals surface area contributed by atoms with Gasteiger partial charge in [-0.15, -0.1) is 0 Å². The first-order valence-corrected chi connectivity index (χ1v) is 6.14. The molecule has 0 spiro atoms. The van der Waals surface area contributed by atoms with Crippen molar-refractivity contribution in [3.63, 3.8) is 0 Å². The molecule has 0 radical (unpaired) electrons. The molecule has 0 rings (SSSR count). The van der Waals surface area contributed by atoms with Crippen LogP contribution in [0.3, 0.4) is 0 Å². The predicted molar refractivity (Wildman–Crippen MR) is 65.6 cm³/mol. The Labute approximate surface area is 90.9 Å². The van der Waals surface area contributed by atoms with Gasteiger partial charge in [-0.1, -0.05) is 41.5 Å². The normalized spacial score (nSPS) is 14.8. The Kier molecular flexibility index (Phi) is 6.43. The molecule has 0 aromatic carbocycles. The van der Waals surface area contributed by atoms with Crippen molar-refractivity contribution >= 4 is 0 Å². The molecule has 0 heterocycles. The molecule has 0 fully saturated rings. The molecule has 0 bridgehead atoms. The Morgan fingerprint density at radius 2 is 1.43 bits per heavy atom. The summed E-state index contributed by atoms with van der Waals surface area (Å²) in [5.74, 6) is 0.778. The quantitative estimate of drug-likeness (QED) is 0.629. The topological polar surface area (TPSA) is 3.24 Å². The van der Waals surface area contributed by atoms with Gasteiger partial charge in [-0.05, 0) is 37.3 Å². The lowest BCUT2D eigenvalue weighted by Crippen LogP contribution is -2.35. The number of nitrogens with zero attached hydrogens (tertiary/aromatic N) is 1. The Morgan fingerprint density at radius 3 is 1.71 bits per heavy atom. The van der Waals surface area contributed by atoms with E-state index in [2.05, 4.69) is 46.4 Å². The van der Waals surface area contributed by atoms with Gasteiger partial charge < -0.3 is 4.90 Å². The Morgan fingerprint density at radius 1 is 1.00 bits per heavy atom. The van der Waals surface area contributed by atoms with Crippen LogP contribution in [0.5, 0.6) is 0 Å². The van der Waals surface area contributed by atoms with Gasteiger partial charge >= 0.3 is 0 Å². The first-order chi connectivity index (χ1) is 6.41. The minimum absolute atomic E-state index is 0.444. The largest absolute Gasteiger partial charge is 0.303 e. The van der Waals surface area contributed by atoms with Gasteiger partial charge in [-0.3, -0.25) is 0 Å². The summed E-state index contributed by atoms with van der Waals surface area (Å²) >= 11 is 0. The van der Waals surface area contributed by atoms with Crippen molar-refractivity contribution in [1.29, 1.82) is 0 Å². The van der Waals surface area contributed by atoms with Crippen LogP contribution < -0.4 is 0 Å². The summed E-state index contributed by atoms with van der Waals surface area (Å²) in [6.45, 7) is 17.7. The van der Waals surface area contributed by atoms with E-state index in [1.54, 1.807) is 0 Å². The number of hydrogen-bond donors (Lipinski definition) is 0. The van der Waals surface area contributed by atoms with E-state index < -0.39 is 0 Å². The van der Waals surface area contributed by atoms with Crippen LogP contribution in [0.1, 0.15) is 54.4 Å². The third kappa shape index (κ3) is 5.64. The van der Waals surface area contributed by atoms with Gasteiger partial charge in [0.25, 0.3) is 0 Å². The fraction of sp³-hybridized carbons (Fsp3) is 1.00. The highest BCUT2D eigenvalue weighted by Gasteiger charge is 2.21. The highest BCUT2D eigenvalue weighted by molar-refractivity contribution is 4.73. The van der Waals surface area contributed by atoms with Crippen molar-refractivity contribution in [2.24, 2.45) is 11.3 Å². The smallest absolute Gasteiger partial charge is 0.00120 e. The van der Waals surface area contributed by atoms with Crippen LogP contribution in [-0.4, -0.2) is 24.5 Å². The van der Waals surface area contributed by atoms with Crippen LogP contribution in [-0.2, 0) is 0 Å². The van der Waals surface area contributed by atoms with Gasteiger partial charge in [-0.2, -0.15) is 0 Å². The average Bonchev–Trinajstić information content (AvgIpc) is 2.03. The lowest BCUT2D eigenvalue weighted by molar-refractivity contribution is 0.161. The SMILES string of the molecule is CCCN(CCC)CC(C)C(C)(C)C. The standard InChI is InChI=1S/C13H29N/c1-7-9-14(10-8-2)11-12(3)13(4,5)6/h12H,7-11H2,1-6H3. The first kappa shape index (κ1) is 14.0. The maximum Gasteiger partial charge on any atom is 0.00120 e. The van der Waals surface area contributed by atoms with Gasteiger partial charge in [0.2, 0.25) is 0 Å². The lowest BCUT2D eigenvalue weighted by Gasteiger charge is -2.32. The number of hydrogen-bond acceptors (Lipinski definition) is 1. The fourth-order valence-electron chi connectivity index (χ4n) is 1.59. The summed E-state index contributed by atoms with van der Waals surface area (Å²) in [6.07, 6.45) is 2.55. The van der Waals surface area contributed by atoms with Crippen molar-refractivity contribution in [2.45, 2.75) is 54.4 Å².